The number of phenolic OH excluding ortho intramolecular Hbond substituents is 1. The number of nitrogens with two attached hydrogens (primary N) is 1. The van der Waals surface area contributed by atoms with Crippen molar-refractivity contribution in [2.75, 3.05) is 18.0 Å². The maximum Gasteiger partial charge on any atom is 0.226 e. The minimum Gasteiger partial charge on any atom is -0.508 e. The molecule has 1 atom stereocenters. The number of nitrogens with zero attached hydrogens (tertiary/aromatic N) is 1. The van der Waals surface area contributed by atoms with E-state index in [2.05, 4.69) is 0 Å². The lowest BCUT2D eigenvalue weighted by atomic mass is 10.1. The van der Waals surface area contributed by atoms with Crippen LogP contribution < -0.4 is 10.6 Å². The van der Waals surface area contributed by atoms with Gasteiger partial charge < -0.3 is 15.7 Å². The van der Waals surface area contributed by atoms with Gasteiger partial charge in [-0.05, 0) is 37.9 Å². The van der Waals surface area contributed by atoms with Crippen molar-refractivity contribution in [2.45, 2.75) is 26.7 Å². The molecule has 0 bridgehead atoms. The zero-order chi connectivity index (χ0) is 13.5. The Kier molecular flexibility index (Phi) is 5.65. The van der Waals surface area contributed by atoms with Crippen molar-refractivity contribution in [1.29, 1.82) is 0 Å². The Morgan fingerprint density at radius 3 is 2.78 bits per heavy atom. The van der Waals surface area contributed by atoms with Crippen molar-refractivity contribution >= 4 is 11.6 Å². The topological polar surface area (TPSA) is 66.6 Å². The number of amides is 1. The third kappa shape index (κ3) is 4.04. The van der Waals surface area contributed by atoms with Crippen molar-refractivity contribution in [3.05, 3.63) is 24.3 Å². The molecule has 100 valence electrons. The molecule has 0 saturated carbocycles. The number of hydrogen-bond acceptors (Lipinski definition) is 3. The van der Waals surface area contributed by atoms with Gasteiger partial charge >= 0.3 is 0 Å². The number of carbonyl (C=O) groups is 1. The molecule has 0 fully saturated rings. The first-order valence-electron chi connectivity index (χ1n) is 6.38. The molecule has 0 aliphatic heterocycles. The lowest BCUT2D eigenvalue weighted by Crippen LogP contribution is -2.31. The lowest BCUT2D eigenvalue weighted by Gasteiger charge is -2.22. The summed E-state index contributed by atoms with van der Waals surface area (Å²) in [6, 6.07) is 6.77. The average Bonchev–Trinajstić information content (AvgIpc) is 2.37. The van der Waals surface area contributed by atoms with Crippen molar-refractivity contribution in [3.8, 4) is 5.75 Å². The van der Waals surface area contributed by atoms with Crippen LogP contribution in [0.15, 0.2) is 24.3 Å². The first kappa shape index (κ1) is 14.5. The fourth-order valence-corrected chi connectivity index (χ4v) is 1.79. The minimum absolute atomic E-state index is 0.0726. The first-order valence-corrected chi connectivity index (χ1v) is 6.38. The van der Waals surface area contributed by atoms with Gasteiger partial charge in [0.05, 0.1) is 0 Å². The van der Waals surface area contributed by atoms with E-state index in [-0.39, 0.29) is 11.7 Å². The summed E-state index contributed by atoms with van der Waals surface area (Å²) in [5.41, 5.74) is 6.28. The second-order valence-electron chi connectivity index (χ2n) is 4.54. The zero-order valence-corrected chi connectivity index (χ0v) is 11.1. The van der Waals surface area contributed by atoms with Crippen LogP contribution >= 0.6 is 0 Å². The predicted octanol–water partition coefficient (Wildman–Crippen LogP) is 2.12. The summed E-state index contributed by atoms with van der Waals surface area (Å²) in [6.07, 6.45) is 1.28. The molecular formula is C14H22N2O2. The maximum atomic E-state index is 12.1. The van der Waals surface area contributed by atoms with Gasteiger partial charge in [0.1, 0.15) is 5.75 Å². The Labute approximate surface area is 108 Å². The molecule has 1 rings (SSSR count). The molecule has 0 heterocycles. The highest BCUT2D eigenvalue weighted by Crippen LogP contribution is 2.21. The van der Waals surface area contributed by atoms with Crippen LogP contribution in [-0.4, -0.2) is 24.1 Å². The number of aromatic hydroxyl groups is 1. The van der Waals surface area contributed by atoms with Crippen LogP contribution in [0, 0.1) is 5.92 Å². The van der Waals surface area contributed by atoms with Gasteiger partial charge in [0.25, 0.3) is 0 Å². The van der Waals surface area contributed by atoms with Gasteiger partial charge in [-0.2, -0.15) is 0 Å². The molecule has 1 aromatic rings. The van der Waals surface area contributed by atoms with E-state index in [9.17, 15) is 9.90 Å². The Morgan fingerprint density at radius 1 is 1.50 bits per heavy atom. The molecule has 0 aliphatic rings. The van der Waals surface area contributed by atoms with E-state index in [1.165, 1.54) is 0 Å². The predicted molar refractivity (Wildman–Crippen MR) is 73.6 cm³/mol. The standard InChI is InChI=1S/C14H22N2O2/c1-3-16(12-5-4-6-13(17)9-12)14(18)8-7-11(2)10-15/h4-6,9,11,17H,3,7-8,10,15H2,1-2H3. The van der Waals surface area contributed by atoms with Crippen LogP contribution in [0.3, 0.4) is 0 Å². The number of benzene rings is 1. The van der Waals surface area contributed by atoms with E-state index < -0.39 is 0 Å². The molecule has 1 amide bonds. The van der Waals surface area contributed by atoms with Crippen molar-refractivity contribution in [1.82, 2.24) is 0 Å². The second-order valence-corrected chi connectivity index (χ2v) is 4.54. The smallest absolute Gasteiger partial charge is 0.226 e. The average molecular weight is 250 g/mol. The monoisotopic (exact) mass is 250 g/mol. The SMILES string of the molecule is CCN(C(=O)CCC(C)CN)c1cccc(O)c1. The minimum atomic E-state index is 0.0726. The largest absolute Gasteiger partial charge is 0.508 e. The van der Waals surface area contributed by atoms with Crippen LogP contribution in [0.1, 0.15) is 26.7 Å². The molecule has 0 radical (unpaired) electrons. The van der Waals surface area contributed by atoms with Crippen molar-refractivity contribution < 1.29 is 9.90 Å². The fourth-order valence-electron chi connectivity index (χ4n) is 1.79. The Hall–Kier alpha value is -1.55. The van der Waals surface area contributed by atoms with Gasteiger partial charge in [-0.15, -0.1) is 0 Å². The van der Waals surface area contributed by atoms with E-state index in [4.69, 9.17) is 5.73 Å². The Bertz CT molecular complexity index is 393. The quantitative estimate of drug-likeness (QED) is 0.812. The molecule has 1 unspecified atom stereocenters. The van der Waals surface area contributed by atoms with Crippen LogP contribution in [0.25, 0.3) is 0 Å². The summed E-state index contributed by atoms with van der Waals surface area (Å²) in [5, 5.41) is 9.44. The molecule has 0 spiro atoms. The van der Waals surface area contributed by atoms with E-state index >= 15 is 0 Å². The number of carbonyl (C=O) groups excluding carboxylic acids is 1. The molecule has 4 heteroatoms. The highest BCUT2D eigenvalue weighted by molar-refractivity contribution is 5.93. The highest BCUT2D eigenvalue weighted by atomic mass is 16.3. The summed E-state index contributed by atoms with van der Waals surface area (Å²) >= 11 is 0. The summed E-state index contributed by atoms with van der Waals surface area (Å²) in [7, 11) is 0. The Balaban J connectivity index is 2.68. The number of rotatable bonds is 6. The van der Waals surface area contributed by atoms with E-state index in [1.807, 2.05) is 19.9 Å². The van der Waals surface area contributed by atoms with Gasteiger partial charge in [-0.1, -0.05) is 13.0 Å². The summed E-state index contributed by atoms with van der Waals surface area (Å²) in [6.45, 7) is 5.16. The third-order valence-electron chi connectivity index (χ3n) is 3.01. The van der Waals surface area contributed by atoms with Crippen molar-refractivity contribution in [2.24, 2.45) is 11.7 Å². The zero-order valence-electron chi connectivity index (χ0n) is 11.1. The van der Waals surface area contributed by atoms with Crippen LogP contribution in [0.2, 0.25) is 0 Å². The molecule has 0 aromatic heterocycles. The maximum absolute atomic E-state index is 12.1. The van der Waals surface area contributed by atoms with E-state index in [0.717, 1.165) is 12.1 Å². The summed E-state index contributed by atoms with van der Waals surface area (Å²) in [5.74, 6) is 0.606. The Morgan fingerprint density at radius 2 is 2.22 bits per heavy atom. The molecule has 1 aromatic carbocycles. The second kappa shape index (κ2) is 7.01. The number of hydrogen-bond donors (Lipinski definition) is 2. The first-order chi connectivity index (χ1) is 8.58. The van der Waals surface area contributed by atoms with E-state index in [1.54, 1.807) is 23.1 Å². The lowest BCUT2D eigenvalue weighted by molar-refractivity contribution is -0.118. The van der Waals surface area contributed by atoms with Gasteiger partial charge in [-0.3, -0.25) is 4.79 Å². The van der Waals surface area contributed by atoms with Gasteiger partial charge in [-0.25, -0.2) is 0 Å². The van der Waals surface area contributed by atoms with Crippen LogP contribution in [0.4, 0.5) is 5.69 Å². The third-order valence-corrected chi connectivity index (χ3v) is 3.01. The highest BCUT2D eigenvalue weighted by Gasteiger charge is 2.14. The molecule has 0 aliphatic carbocycles. The van der Waals surface area contributed by atoms with E-state index in [0.29, 0.717) is 25.4 Å². The molecule has 4 nitrogen and oxygen atoms in total. The van der Waals surface area contributed by atoms with Gasteiger partial charge in [0.2, 0.25) is 5.91 Å². The van der Waals surface area contributed by atoms with Gasteiger partial charge in [0.15, 0.2) is 0 Å². The van der Waals surface area contributed by atoms with Crippen molar-refractivity contribution in [3.63, 3.8) is 0 Å². The molecular weight excluding hydrogens is 228 g/mol. The summed E-state index contributed by atoms with van der Waals surface area (Å²) < 4.78 is 0. The normalized spacial score (nSPS) is 12.2. The van der Waals surface area contributed by atoms with Gasteiger partial charge in [0, 0.05) is 24.7 Å². The number of phenols is 1. The van der Waals surface area contributed by atoms with Crippen LogP contribution in [0.5, 0.6) is 5.75 Å². The number of anilines is 1. The fraction of sp³-hybridized carbons (Fsp3) is 0.500. The van der Waals surface area contributed by atoms with Crippen LogP contribution in [-0.2, 0) is 4.79 Å². The molecule has 18 heavy (non-hydrogen) atoms. The summed E-state index contributed by atoms with van der Waals surface area (Å²) in [4.78, 5) is 13.8. The molecule has 0 saturated heterocycles. The molecule has 3 N–H and O–H groups in total.